The van der Waals surface area contributed by atoms with Crippen LogP contribution in [0.2, 0.25) is 0 Å². The first kappa shape index (κ1) is 13.3. The zero-order chi connectivity index (χ0) is 14.7. The van der Waals surface area contributed by atoms with Gasteiger partial charge in [-0.25, -0.2) is 4.98 Å². The van der Waals surface area contributed by atoms with E-state index in [0.717, 1.165) is 26.2 Å². The Balaban J connectivity index is 1.68. The summed E-state index contributed by atoms with van der Waals surface area (Å²) in [4.78, 5) is 27.9. The molecule has 7 nitrogen and oxygen atoms in total. The lowest BCUT2D eigenvalue weighted by Crippen LogP contribution is -2.47. The van der Waals surface area contributed by atoms with Crippen LogP contribution in [0.15, 0.2) is 36.9 Å². The second-order valence-electron chi connectivity index (χ2n) is 4.81. The Kier molecular flexibility index (Phi) is 3.63. The third-order valence-corrected chi connectivity index (χ3v) is 3.51. The molecule has 0 spiro atoms. The summed E-state index contributed by atoms with van der Waals surface area (Å²) in [6.07, 6.45) is 6.64. The summed E-state index contributed by atoms with van der Waals surface area (Å²) < 4.78 is 0. The molecule has 1 aliphatic rings. The molecule has 0 aliphatic carbocycles. The minimum Gasteiger partial charge on any atom is -0.368 e. The van der Waals surface area contributed by atoms with Crippen LogP contribution in [-0.2, 0) is 0 Å². The average Bonchev–Trinajstić information content (AvgIpc) is 2.56. The van der Waals surface area contributed by atoms with E-state index in [9.17, 15) is 4.79 Å². The first-order chi connectivity index (χ1) is 10.2. The highest BCUT2D eigenvalue weighted by Gasteiger charge is 2.19. The quantitative estimate of drug-likeness (QED) is 0.872. The van der Waals surface area contributed by atoms with Gasteiger partial charge in [0.05, 0.1) is 12.4 Å². The number of carbonyl (C=O) groups is 1. The van der Waals surface area contributed by atoms with Gasteiger partial charge in [-0.2, -0.15) is 0 Å². The van der Waals surface area contributed by atoms with Crippen LogP contribution in [0.3, 0.4) is 0 Å². The maximum absolute atomic E-state index is 11.2. The topological polar surface area (TPSA) is 88.2 Å². The summed E-state index contributed by atoms with van der Waals surface area (Å²) >= 11 is 0. The molecule has 108 valence electrons. The largest absolute Gasteiger partial charge is 0.368 e. The minimum absolute atomic E-state index is 0.198. The molecular formula is C14H16N6O. The highest BCUT2D eigenvalue weighted by molar-refractivity contribution is 5.90. The Morgan fingerprint density at radius 2 is 1.67 bits per heavy atom. The van der Waals surface area contributed by atoms with Crippen LogP contribution in [0.1, 0.15) is 10.5 Å². The summed E-state index contributed by atoms with van der Waals surface area (Å²) in [5.41, 5.74) is 6.60. The van der Waals surface area contributed by atoms with Gasteiger partial charge in [0.2, 0.25) is 0 Å². The number of hydrogen-bond donors (Lipinski definition) is 1. The standard InChI is InChI=1S/C14H16N6O/c15-14(21)12-9-17-10-13(18-12)20-7-5-19(6-8-20)11-1-3-16-4-2-11/h1-4,9-10H,5-8H2,(H2,15,21). The second-order valence-corrected chi connectivity index (χ2v) is 4.81. The first-order valence-corrected chi connectivity index (χ1v) is 6.76. The van der Waals surface area contributed by atoms with Crippen molar-refractivity contribution in [2.45, 2.75) is 0 Å². The van der Waals surface area contributed by atoms with E-state index < -0.39 is 5.91 Å². The van der Waals surface area contributed by atoms with E-state index in [4.69, 9.17) is 5.73 Å². The van der Waals surface area contributed by atoms with Gasteiger partial charge in [0.15, 0.2) is 0 Å². The minimum atomic E-state index is -0.556. The van der Waals surface area contributed by atoms with Crippen LogP contribution in [-0.4, -0.2) is 47.0 Å². The molecule has 0 unspecified atom stereocenters. The monoisotopic (exact) mass is 284 g/mol. The van der Waals surface area contributed by atoms with Crippen LogP contribution in [0.4, 0.5) is 11.5 Å². The summed E-state index contributed by atoms with van der Waals surface area (Å²) in [6.45, 7) is 3.40. The van der Waals surface area contributed by atoms with Crippen LogP contribution in [0.25, 0.3) is 0 Å². The van der Waals surface area contributed by atoms with Crippen molar-refractivity contribution in [2.24, 2.45) is 5.73 Å². The highest BCUT2D eigenvalue weighted by Crippen LogP contribution is 2.18. The molecule has 3 rings (SSSR count). The number of pyridine rings is 1. The molecule has 21 heavy (non-hydrogen) atoms. The zero-order valence-corrected chi connectivity index (χ0v) is 11.5. The van der Waals surface area contributed by atoms with Crippen molar-refractivity contribution in [1.29, 1.82) is 0 Å². The maximum atomic E-state index is 11.2. The van der Waals surface area contributed by atoms with E-state index in [1.807, 2.05) is 12.1 Å². The number of aromatic nitrogens is 3. The SMILES string of the molecule is NC(=O)c1cncc(N2CCN(c3ccncc3)CC2)n1. The van der Waals surface area contributed by atoms with E-state index in [2.05, 4.69) is 24.8 Å². The van der Waals surface area contributed by atoms with Crippen molar-refractivity contribution < 1.29 is 4.79 Å². The fourth-order valence-electron chi connectivity index (χ4n) is 2.38. The number of hydrogen-bond acceptors (Lipinski definition) is 6. The molecule has 1 fully saturated rings. The summed E-state index contributed by atoms with van der Waals surface area (Å²) in [5, 5.41) is 0. The van der Waals surface area contributed by atoms with Crippen molar-refractivity contribution in [3.63, 3.8) is 0 Å². The van der Waals surface area contributed by atoms with E-state index in [-0.39, 0.29) is 5.69 Å². The third kappa shape index (κ3) is 2.91. The van der Waals surface area contributed by atoms with Gasteiger partial charge in [-0.1, -0.05) is 0 Å². The summed E-state index contributed by atoms with van der Waals surface area (Å²) in [5.74, 6) is 0.139. The maximum Gasteiger partial charge on any atom is 0.268 e. The highest BCUT2D eigenvalue weighted by atomic mass is 16.1. The normalized spacial score (nSPS) is 15.0. The van der Waals surface area contributed by atoms with E-state index in [1.54, 1.807) is 18.6 Å². The van der Waals surface area contributed by atoms with E-state index in [1.165, 1.54) is 11.9 Å². The summed E-state index contributed by atoms with van der Waals surface area (Å²) in [6, 6.07) is 4.01. The molecule has 1 amide bonds. The predicted octanol–water partition coefficient (Wildman–Crippen LogP) is 0.297. The molecule has 3 heterocycles. The molecule has 1 saturated heterocycles. The fourth-order valence-corrected chi connectivity index (χ4v) is 2.38. The Labute approximate surface area is 122 Å². The smallest absolute Gasteiger partial charge is 0.268 e. The van der Waals surface area contributed by atoms with Crippen molar-refractivity contribution in [3.05, 3.63) is 42.6 Å². The van der Waals surface area contributed by atoms with Crippen LogP contribution < -0.4 is 15.5 Å². The Bertz CT molecular complexity index is 624. The van der Waals surface area contributed by atoms with Gasteiger partial charge in [-0.05, 0) is 12.1 Å². The van der Waals surface area contributed by atoms with Crippen molar-refractivity contribution in [1.82, 2.24) is 15.0 Å². The molecule has 1 aliphatic heterocycles. The lowest BCUT2D eigenvalue weighted by atomic mass is 10.2. The van der Waals surface area contributed by atoms with E-state index >= 15 is 0 Å². The van der Waals surface area contributed by atoms with Crippen molar-refractivity contribution in [2.75, 3.05) is 36.0 Å². The molecule has 0 aromatic carbocycles. The first-order valence-electron chi connectivity index (χ1n) is 6.76. The van der Waals surface area contributed by atoms with Gasteiger partial charge < -0.3 is 15.5 Å². The van der Waals surface area contributed by atoms with Gasteiger partial charge in [-0.15, -0.1) is 0 Å². The molecule has 7 heteroatoms. The number of nitrogens with two attached hydrogens (primary N) is 1. The number of nitrogens with zero attached hydrogens (tertiary/aromatic N) is 5. The van der Waals surface area contributed by atoms with Crippen LogP contribution in [0.5, 0.6) is 0 Å². The van der Waals surface area contributed by atoms with Gasteiger partial charge in [0, 0.05) is 44.3 Å². The van der Waals surface area contributed by atoms with Crippen molar-refractivity contribution >= 4 is 17.4 Å². The average molecular weight is 284 g/mol. The number of piperazine rings is 1. The molecule has 0 saturated carbocycles. The zero-order valence-electron chi connectivity index (χ0n) is 11.5. The number of primary amides is 1. The molecule has 2 aromatic heterocycles. The Hall–Kier alpha value is -2.70. The van der Waals surface area contributed by atoms with Crippen LogP contribution in [0, 0.1) is 0 Å². The van der Waals surface area contributed by atoms with Gasteiger partial charge in [0.25, 0.3) is 5.91 Å². The number of amides is 1. The molecular weight excluding hydrogens is 268 g/mol. The lowest BCUT2D eigenvalue weighted by molar-refractivity contribution is 0.0995. The second kappa shape index (κ2) is 5.74. The number of anilines is 2. The molecule has 2 aromatic rings. The number of carbonyl (C=O) groups excluding carboxylic acids is 1. The molecule has 2 N–H and O–H groups in total. The predicted molar refractivity (Wildman–Crippen MR) is 79.2 cm³/mol. The van der Waals surface area contributed by atoms with Gasteiger partial charge in [-0.3, -0.25) is 14.8 Å². The lowest BCUT2D eigenvalue weighted by Gasteiger charge is -2.36. The van der Waals surface area contributed by atoms with Gasteiger partial charge >= 0.3 is 0 Å². The Morgan fingerprint density at radius 1 is 1.00 bits per heavy atom. The van der Waals surface area contributed by atoms with Gasteiger partial charge in [0.1, 0.15) is 11.5 Å². The molecule has 0 atom stereocenters. The van der Waals surface area contributed by atoms with Crippen molar-refractivity contribution in [3.8, 4) is 0 Å². The summed E-state index contributed by atoms with van der Waals surface area (Å²) in [7, 11) is 0. The number of rotatable bonds is 3. The van der Waals surface area contributed by atoms with E-state index in [0.29, 0.717) is 5.82 Å². The Morgan fingerprint density at radius 3 is 2.33 bits per heavy atom. The third-order valence-electron chi connectivity index (χ3n) is 3.51. The van der Waals surface area contributed by atoms with Crippen LogP contribution >= 0.6 is 0 Å². The molecule has 0 bridgehead atoms. The fraction of sp³-hybridized carbons (Fsp3) is 0.286. The molecule has 0 radical (unpaired) electrons.